The molecule has 240 valence electrons. The van der Waals surface area contributed by atoms with Gasteiger partial charge in [0, 0.05) is 29.7 Å². The Morgan fingerprint density at radius 3 is 2.11 bits per heavy atom. The molecule has 7 rings (SSSR count). The molecule has 1 aliphatic carbocycles. The first kappa shape index (κ1) is 31.5. The smallest absolute Gasteiger partial charge is 0.326 e. The lowest BCUT2D eigenvalue weighted by Gasteiger charge is -2.22. The molecule has 0 unspecified atom stereocenters. The van der Waals surface area contributed by atoms with Crippen molar-refractivity contribution in [1.29, 1.82) is 0 Å². The predicted octanol–water partition coefficient (Wildman–Crippen LogP) is 8.39. The Balaban J connectivity index is 1.13. The summed E-state index contributed by atoms with van der Waals surface area (Å²) in [5.41, 5.74) is 7.87. The lowest BCUT2D eigenvalue weighted by Crippen LogP contribution is -2.29. The minimum Gasteiger partial charge on any atom is -0.330 e. The fourth-order valence-corrected chi connectivity index (χ4v) is 8.24. The topological polar surface area (TPSA) is 84.3 Å². The van der Waals surface area contributed by atoms with Crippen LogP contribution in [0.5, 0.6) is 0 Å². The average Bonchev–Trinajstić information content (AvgIpc) is 3.59. The van der Waals surface area contributed by atoms with Crippen LogP contribution in [0.4, 0.5) is 5.69 Å². The molecule has 7 nitrogen and oxygen atoms in total. The van der Waals surface area contributed by atoms with Crippen LogP contribution in [0.3, 0.4) is 0 Å². The number of rotatable bonds is 8. The van der Waals surface area contributed by atoms with Crippen LogP contribution in [0.25, 0.3) is 22.4 Å². The Labute approximate surface area is 285 Å². The number of nitrogens with zero attached hydrogens (tertiary/aromatic N) is 3. The van der Waals surface area contributed by atoms with Gasteiger partial charge in [-0.15, -0.1) is 0 Å². The molecule has 1 amide bonds. The first-order valence-corrected chi connectivity index (χ1v) is 18.0. The normalized spacial score (nSPS) is 16.4. The molecule has 2 aliphatic rings. The van der Waals surface area contributed by atoms with Gasteiger partial charge < -0.3 is 4.57 Å². The van der Waals surface area contributed by atoms with Crippen LogP contribution >= 0.6 is 23.2 Å². The van der Waals surface area contributed by atoms with Gasteiger partial charge in [-0.25, -0.2) is 14.0 Å². The molecule has 0 spiro atoms. The van der Waals surface area contributed by atoms with Gasteiger partial charge in [0.2, 0.25) is 0 Å². The average molecular weight is 686 g/mol. The van der Waals surface area contributed by atoms with Crippen LogP contribution in [0, 0.1) is 0 Å². The third-order valence-electron chi connectivity index (χ3n) is 9.10. The number of imidazole rings is 1. The van der Waals surface area contributed by atoms with Crippen molar-refractivity contribution in [2.24, 2.45) is 0 Å². The number of carbonyl (C=O) groups excluding carboxylic acids is 1. The molecule has 5 aromatic rings. The van der Waals surface area contributed by atoms with E-state index >= 15 is 0 Å². The summed E-state index contributed by atoms with van der Waals surface area (Å²) in [7, 11) is -3.87. The molecule has 1 saturated carbocycles. The Morgan fingerprint density at radius 2 is 1.47 bits per heavy atom. The molecule has 0 bridgehead atoms. The number of nitrogens with one attached hydrogen (secondary N) is 1. The molecule has 4 aromatic carbocycles. The third-order valence-corrected chi connectivity index (χ3v) is 11.1. The van der Waals surface area contributed by atoms with Gasteiger partial charge in [0.15, 0.2) is 0 Å². The number of benzene rings is 4. The molecule has 0 radical (unpaired) electrons. The molecule has 47 heavy (non-hydrogen) atoms. The zero-order valence-corrected chi connectivity index (χ0v) is 28.0. The van der Waals surface area contributed by atoms with Gasteiger partial charge in [0.05, 0.1) is 16.4 Å². The standard InChI is InChI=1S/C37H34Cl2N4O3S/c38-31-16-19-33(34(39)21-31)35-23-42(22-26-8-17-32(18-9-26)43-24-37(44)41-47(43,45)46)36(40-35)20-25-6-10-28(11-7-25)30-14-12-29(13-15-30)27-4-2-1-3-5-27/h6-19,21,23,27H,1-5,20,22,24H2,(H,41,44). The highest BCUT2D eigenvalue weighted by molar-refractivity contribution is 7.92. The molecule has 2 fully saturated rings. The summed E-state index contributed by atoms with van der Waals surface area (Å²) in [5.74, 6) is 1.00. The van der Waals surface area contributed by atoms with E-state index in [9.17, 15) is 13.2 Å². The first-order valence-electron chi connectivity index (χ1n) is 15.8. The Morgan fingerprint density at radius 1 is 0.809 bits per heavy atom. The maximum absolute atomic E-state index is 12.3. The summed E-state index contributed by atoms with van der Waals surface area (Å²) >= 11 is 12.7. The largest absolute Gasteiger partial charge is 0.330 e. The number of amides is 1. The Bertz CT molecular complexity index is 2020. The van der Waals surface area contributed by atoms with Gasteiger partial charge in [0.25, 0.3) is 5.91 Å². The quantitative estimate of drug-likeness (QED) is 0.178. The van der Waals surface area contributed by atoms with Crippen molar-refractivity contribution in [2.45, 2.75) is 51.0 Å². The van der Waals surface area contributed by atoms with Gasteiger partial charge in [-0.2, -0.15) is 8.42 Å². The van der Waals surface area contributed by atoms with Crippen LogP contribution in [0.2, 0.25) is 10.0 Å². The van der Waals surface area contributed by atoms with Gasteiger partial charge in [-0.05, 0) is 76.9 Å². The van der Waals surface area contributed by atoms with Crippen LogP contribution < -0.4 is 9.03 Å². The van der Waals surface area contributed by atoms with E-state index in [1.807, 2.05) is 29.1 Å². The fourth-order valence-electron chi connectivity index (χ4n) is 6.58. The predicted molar refractivity (Wildman–Crippen MR) is 188 cm³/mol. The summed E-state index contributed by atoms with van der Waals surface area (Å²) in [6.45, 7) is 0.270. The molecule has 0 atom stereocenters. The number of hydrogen-bond donors (Lipinski definition) is 1. The van der Waals surface area contributed by atoms with E-state index in [1.54, 1.807) is 24.3 Å². The minimum atomic E-state index is -3.87. The molecule has 10 heteroatoms. The van der Waals surface area contributed by atoms with Gasteiger partial charge in [-0.1, -0.05) is 103 Å². The molecule has 1 aromatic heterocycles. The van der Waals surface area contributed by atoms with Crippen molar-refractivity contribution < 1.29 is 13.2 Å². The number of halogens is 2. The summed E-state index contributed by atoms with van der Waals surface area (Å²) in [6.07, 6.45) is 9.20. The first-order chi connectivity index (χ1) is 22.7. The lowest BCUT2D eigenvalue weighted by molar-refractivity contribution is -0.117. The minimum absolute atomic E-state index is 0.233. The molecule has 2 heterocycles. The van der Waals surface area contributed by atoms with Gasteiger partial charge >= 0.3 is 10.2 Å². The fraction of sp³-hybridized carbons (Fsp3) is 0.243. The molecule has 1 aliphatic heterocycles. The van der Waals surface area contributed by atoms with Gasteiger partial charge in [0.1, 0.15) is 12.4 Å². The van der Waals surface area contributed by atoms with Crippen molar-refractivity contribution >= 4 is 45.0 Å². The van der Waals surface area contributed by atoms with Crippen molar-refractivity contribution in [3.63, 3.8) is 0 Å². The van der Waals surface area contributed by atoms with Crippen molar-refractivity contribution in [3.8, 4) is 22.4 Å². The van der Waals surface area contributed by atoms with Crippen LogP contribution in [-0.2, 0) is 28.0 Å². The van der Waals surface area contributed by atoms with Crippen molar-refractivity contribution in [3.05, 3.63) is 130 Å². The highest BCUT2D eigenvalue weighted by Gasteiger charge is 2.33. The molecular weight excluding hydrogens is 651 g/mol. The van der Waals surface area contributed by atoms with Gasteiger partial charge in [-0.3, -0.25) is 4.79 Å². The van der Waals surface area contributed by atoms with Crippen molar-refractivity contribution in [2.75, 3.05) is 10.8 Å². The summed E-state index contributed by atoms with van der Waals surface area (Å²) < 4.78 is 29.7. The van der Waals surface area contributed by atoms with Crippen LogP contribution in [0.15, 0.2) is 97.2 Å². The maximum Gasteiger partial charge on any atom is 0.326 e. The summed E-state index contributed by atoms with van der Waals surface area (Å²) in [6, 6.07) is 30.2. The van der Waals surface area contributed by atoms with E-state index in [0.717, 1.165) is 32.5 Å². The second-order valence-electron chi connectivity index (χ2n) is 12.3. The molecule has 1 saturated heterocycles. The number of hydrogen-bond acceptors (Lipinski definition) is 4. The van der Waals surface area contributed by atoms with E-state index in [1.165, 1.54) is 48.8 Å². The number of aromatic nitrogens is 2. The van der Waals surface area contributed by atoms with Crippen molar-refractivity contribution in [1.82, 2.24) is 14.3 Å². The zero-order chi connectivity index (χ0) is 32.5. The van der Waals surface area contributed by atoms with E-state index in [-0.39, 0.29) is 6.54 Å². The monoisotopic (exact) mass is 684 g/mol. The highest BCUT2D eigenvalue weighted by Crippen LogP contribution is 2.34. The molecule has 1 N–H and O–H groups in total. The Hall–Kier alpha value is -4.11. The summed E-state index contributed by atoms with van der Waals surface area (Å²) in [5, 5.41) is 1.08. The number of carbonyl (C=O) groups is 1. The second-order valence-corrected chi connectivity index (χ2v) is 14.8. The molecular formula is C37H34Cl2N4O3S. The van der Waals surface area contributed by atoms with E-state index in [2.05, 4.69) is 53.1 Å². The second kappa shape index (κ2) is 13.2. The SMILES string of the molecule is O=C1CN(c2ccc(Cn3cc(-c4ccc(Cl)cc4Cl)nc3Cc3ccc(-c4ccc(C5CCCCC5)cc4)cc3)cc2)S(=O)(=O)N1. The highest BCUT2D eigenvalue weighted by atomic mass is 35.5. The third kappa shape index (κ3) is 6.96. The summed E-state index contributed by atoms with van der Waals surface area (Å²) in [4.78, 5) is 16.7. The van der Waals surface area contributed by atoms with Crippen LogP contribution in [0.1, 0.15) is 60.5 Å². The van der Waals surface area contributed by atoms with E-state index < -0.39 is 16.1 Å². The number of anilines is 1. The van der Waals surface area contributed by atoms with E-state index in [0.29, 0.717) is 34.6 Å². The van der Waals surface area contributed by atoms with Crippen LogP contribution in [-0.4, -0.2) is 30.4 Å². The maximum atomic E-state index is 12.3. The zero-order valence-electron chi connectivity index (χ0n) is 25.7. The lowest BCUT2D eigenvalue weighted by atomic mass is 9.83. The van der Waals surface area contributed by atoms with E-state index in [4.69, 9.17) is 28.2 Å². The Kier molecular flexibility index (Phi) is 8.83.